The Labute approximate surface area is 94.7 Å². The molecule has 0 atom stereocenters. The molecule has 16 heavy (non-hydrogen) atoms. The summed E-state index contributed by atoms with van der Waals surface area (Å²) in [6.45, 7) is 0.236. The van der Waals surface area contributed by atoms with Crippen LogP contribution in [-0.2, 0) is 6.54 Å². The van der Waals surface area contributed by atoms with E-state index in [0.29, 0.717) is 5.56 Å². The van der Waals surface area contributed by atoms with Gasteiger partial charge in [0.2, 0.25) is 0 Å². The Morgan fingerprint density at radius 1 is 1.38 bits per heavy atom. The number of benzene rings is 1. The Morgan fingerprint density at radius 3 is 2.75 bits per heavy atom. The summed E-state index contributed by atoms with van der Waals surface area (Å²) in [5, 5.41) is 12.4. The molecule has 0 fully saturated rings. The summed E-state index contributed by atoms with van der Waals surface area (Å²) in [4.78, 5) is 21.5. The molecule has 0 aliphatic rings. The molecule has 5 nitrogen and oxygen atoms in total. The number of aromatic nitrogens is 1. The highest BCUT2D eigenvalue weighted by Crippen LogP contribution is 2.18. The summed E-state index contributed by atoms with van der Waals surface area (Å²) in [6, 6.07) is 6.42. The summed E-state index contributed by atoms with van der Waals surface area (Å²) in [7, 11) is 0. The van der Waals surface area contributed by atoms with Crippen LogP contribution in [-0.4, -0.2) is 9.49 Å². The first-order chi connectivity index (χ1) is 7.68. The molecular formula is C10H8N2O3S. The van der Waals surface area contributed by atoms with Gasteiger partial charge in [0.25, 0.3) is 5.69 Å². The van der Waals surface area contributed by atoms with E-state index in [-0.39, 0.29) is 17.1 Å². The lowest BCUT2D eigenvalue weighted by Gasteiger charge is -2.02. The van der Waals surface area contributed by atoms with Gasteiger partial charge in [-0.2, -0.15) is 0 Å². The first-order valence-corrected chi connectivity index (χ1v) is 5.42. The average Bonchev–Trinajstić information content (AvgIpc) is 2.65. The number of nitro groups is 1. The normalized spacial score (nSPS) is 10.2. The number of rotatable bonds is 3. The van der Waals surface area contributed by atoms with Crippen molar-refractivity contribution < 1.29 is 4.92 Å². The van der Waals surface area contributed by atoms with Crippen LogP contribution in [0.25, 0.3) is 0 Å². The quantitative estimate of drug-likeness (QED) is 0.603. The third kappa shape index (κ3) is 2.01. The molecule has 1 aromatic carbocycles. The summed E-state index contributed by atoms with van der Waals surface area (Å²) >= 11 is 1.08. The molecule has 82 valence electrons. The molecule has 1 aromatic heterocycles. The number of nitro benzene ring substituents is 1. The lowest BCUT2D eigenvalue weighted by Crippen LogP contribution is -2.13. The zero-order valence-corrected chi connectivity index (χ0v) is 9.02. The molecule has 0 saturated heterocycles. The number of nitrogens with zero attached hydrogens (tertiary/aromatic N) is 2. The molecule has 1 heterocycles. The Balaban J connectivity index is 2.39. The van der Waals surface area contributed by atoms with E-state index in [0.717, 1.165) is 11.3 Å². The molecule has 0 bridgehead atoms. The monoisotopic (exact) mass is 236 g/mol. The second-order valence-electron chi connectivity index (χ2n) is 3.18. The highest BCUT2D eigenvalue weighted by Gasteiger charge is 2.12. The van der Waals surface area contributed by atoms with Gasteiger partial charge in [-0.3, -0.25) is 14.9 Å². The van der Waals surface area contributed by atoms with Crippen molar-refractivity contribution in [1.82, 2.24) is 4.57 Å². The number of thiazole rings is 1. The second kappa shape index (κ2) is 4.28. The highest BCUT2D eigenvalue weighted by atomic mass is 32.1. The first-order valence-electron chi connectivity index (χ1n) is 4.54. The van der Waals surface area contributed by atoms with Gasteiger partial charge >= 0.3 is 4.87 Å². The van der Waals surface area contributed by atoms with E-state index in [1.54, 1.807) is 29.8 Å². The van der Waals surface area contributed by atoms with E-state index < -0.39 is 4.92 Å². The molecule has 0 aliphatic heterocycles. The first kappa shape index (κ1) is 10.6. The van der Waals surface area contributed by atoms with Crippen molar-refractivity contribution in [2.45, 2.75) is 6.54 Å². The van der Waals surface area contributed by atoms with Crippen LogP contribution < -0.4 is 4.87 Å². The second-order valence-corrected chi connectivity index (χ2v) is 4.04. The van der Waals surface area contributed by atoms with E-state index in [1.165, 1.54) is 10.6 Å². The van der Waals surface area contributed by atoms with Crippen LogP contribution in [0.4, 0.5) is 5.69 Å². The van der Waals surface area contributed by atoms with Crippen LogP contribution in [0.1, 0.15) is 5.56 Å². The predicted octanol–water partition coefficient (Wildman–Crippen LogP) is 1.87. The maximum absolute atomic E-state index is 11.3. The fourth-order valence-corrected chi connectivity index (χ4v) is 2.00. The topological polar surface area (TPSA) is 65.1 Å². The molecular weight excluding hydrogens is 228 g/mol. The third-order valence-corrected chi connectivity index (χ3v) is 2.87. The Hall–Kier alpha value is -1.95. The van der Waals surface area contributed by atoms with Gasteiger partial charge < -0.3 is 4.57 Å². The van der Waals surface area contributed by atoms with Crippen LogP contribution in [0, 0.1) is 10.1 Å². The van der Waals surface area contributed by atoms with Gasteiger partial charge in [-0.25, -0.2) is 0 Å². The van der Waals surface area contributed by atoms with E-state index >= 15 is 0 Å². The van der Waals surface area contributed by atoms with Crippen molar-refractivity contribution in [3.8, 4) is 0 Å². The molecule has 0 spiro atoms. The molecule has 2 rings (SSSR count). The molecule has 0 aliphatic carbocycles. The summed E-state index contributed by atoms with van der Waals surface area (Å²) < 4.78 is 1.45. The van der Waals surface area contributed by atoms with Crippen LogP contribution in [0.3, 0.4) is 0 Å². The number of hydrogen-bond donors (Lipinski definition) is 0. The van der Waals surface area contributed by atoms with E-state index in [9.17, 15) is 14.9 Å². The Morgan fingerprint density at radius 2 is 2.12 bits per heavy atom. The number of hydrogen-bond acceptors (Lipinski definition) is 4. The van der Waals surface area contributed by atoms with E-state index in [4.69, 9.17) is 0 Å². The third-order valence-electron chi connectivity index (χ3n) is 2.17. The van der Waals surface area contributed by atoms with Gasteiger partial charge in [0.05, 0.1) is 11.5 Å². The largest absolute Gasteiger partial charge is 0.307 e. The minimum atomic E-state index is -0.438. The maximum atomic E-state index is 11.3. The van der Waals surface area contributed by atoms with Gasteiger partial charge in [-0.05, 0) is 0 Å². The zero-order valence-electron chi connectivity index (χ0n) is 8.20. The van der Waals surface area contributed by atoms with Crippen molar-refractivity contribution >= 4 is 17.0 Å². The molecule has 0 N–H and O–H groups in total. The van der Waals surface area contributed by atoms with Crippen LogP contribution >= 0.6 is 11.3 Å². The van der Waals surface area contributed by atoms with Crippen molar-refractivity contribution in [2.75, 3.05) is 0 Å². The van der Waals surface area contributed by atoms with E-state index in [1.807, 2.05) is 0 Å². The molecule has 2 aromatic rings. The SMILES string of the molecule is O=c1sccn1Cc1ccccc1[N+](=O)[O-]. The van der Waals surface area contributed by atoms with E-state index in [2.05, 4.69) is 0 Å². The summed E-state index contributed by atoms with van der Waals surface area (Å²) in [6.07, 6.45) is 1.63. The van der Waals surface area contributed by atoms with Crippen LogP contribution in [0.15, 0.2) is 40.6 Å². The van der Waals surface area contributed by atoms with Crippen molar-refractivity contribution in [2.24, 2.45) is 0 Å². The van der Waals surface area contributed by atoms with Crippen LogP contribution in [0.5, 0.6) is 0 Å². The van der Waals surface area contributed by atoms with Gasteiger partial charge in [0.1, 0.15) is 0 Å². The fraction of sp³-hybridized carbons (Fsp3) is 0.100. The van der Waals surface area contributed by atoms with Crippen molar-refractivity contribution in [3.63, 3.8) is 0 Å². The zero-order chi connectivity index (χ0) is 11.5. The number of para-hydroxylation sites is 1. The highest BCUT2D eigenvalue weighted by molar-refractivity contribution is 7.07. The van der Waals surface area contributed by atoms with Gasteiger partial charge in [-0.1, -0.05) is 29.5 Å². The van der Waals surface area contributed by atoms with Gasteiger partial charge in [0.15, 0.2) is 0 Å². The average molecular weight is 236 g/mol. The van der Waals surface area contributed by atoms with Crippen molar-refractivity contribution in [3.05, 3.63) is 61.2 Å². The van der Waals surface area contributed by atoms with Crippen molar-refractivity contribution in [1.29, 1.82) is 0 Å². The fourth-order valence-electron chi connectivity index (χ4n) is 1.41. The van der Waals surface area contributed by atoms with Gasteiger partial charge in [-0.15, -0.1) is 0 Å². The lowest BCUT2D eigenvalue weighted by molar-refractivity contribution is -0.385. The predicted molar refractivity (Wildman–Crippen MR) is 60.8 cm³/mol. The lowest BCUT2D eigenvalue weighted by atomic mass is 10.2. The molecule has 0 unspecified atom stereocenters. The molecule has 6 heteroatoms. The molecule has 0 amide bonds. The molecule has 0 radical (unpaired) electrons. The maximum Gasteiger partial charge on any atom is 0.307 e. The smallest absolute Gasteiger partial charge is 0.301 e. The molecule has 0 saturated carbocycles. The summed E-state index contributed by atoms with van der Waals surface area (Å²) in [5.74, 6) is 0. The Bertz CT molecular complexity index is 573. The minimum Gasteiger partial charge on any atom is -0.301 e. The minimum absolute atomic E-state index is 0.0422. The summed E-state index contributed by atoms with van der Waals surface area (Å²) in [5.41, 5.74) is 0.577. The van der Waals surface area contributed by atoms with Crippen LogP contribution in [0.2, 0.25) is 0 Å². The van der Waals surface area contributed by atoms with Gasteiger partial charge in [0, 0.05) is 23.2 Å². The standard InChI is InChI=1S/C10H8N2O3S/c13-10-11(5-6-16-10)7-8-3-1-2-4-9(8)12(14)15/h1-6H,7H2. The Kier molecular flexibility index (Phi) is 2.82.